The summed E-state index contributed by atoms with van der Waals surface area (Å²) in [4.78, 5) is 24.6. The van der Waals surface area contributed by atoms with Gasteiger partial charge in [-0.15, -0.1) is 0 Å². The van der Waals surface area contributed by atoms with Crippen molar-refractivity contribution in [1.29, 1.82) is 0 Å². The van der Waals surface area contributed by atoms with Crippen molar-refractivity contribution in [2.75, 3.05) is 13.2 Å². The van der Waals surface area contributed by atoms with Gasteiger partial charge in [0.15, 0.2) is 0 Å². The zero-order valence-corrected chi connectivity index (χ0v) is 56.5. The molecule has 0 aromatic heterocycles. The number of rotatable bonds is 72. The first-order chi connectivity index (χ1) is 41.0. The fourth-order valence-corrected chi connectivity index (χ4v) is 12.2. The highest BCUT2D eigenvalue weighted by Crippen LogP contribution is 2.20. The lowest BCUT2D eigenvalue weighted by Gasteiger charge is -2.22. The maximum absolute atomic E-state index is 12.5. The van der Waals surface area contributed by atoms with Gasteiger partial charge in [0.25, 0.3) is 0 Å². The van der Waals surface area contributed by atoms with E-state index < -0.39 is 12.1 Å². The number of hydrogen-bond acceptors (Lipinski definition) is 5. The molecule has 0 heterocycles. The van der Waals surface area contributed by atoms with Gasteiger partial charge in [0, 0.05) is 12.8 Å². The number of amides is 1. The number of carbonyl (C=O) groups is 2. The second-order valence-corrected chi connectivity index (χ2v) is 26.3. The zero-order valence-electron chi connectivity index (χ0n) is 56.5. The van der Waals surface area contributed by atoms with Crippen LogP contribution in [-0.4, -0.2) is 47.4 Å². The molecular weight excluding hydrogens is 1020 g/mol. The minimum atomic E-state index is -0.661. The van der Waals surface area contributed by atoms with Gasteiger partial charge in [0.05, 0.1) is 25.4 Å². The van der Waals surface area contributed by atoms with Crippen molar-refractivity contribution in [3.05, 3.63) is 24.3 Å². The summed E-state index contributed by atoms with van der Waals surface area (Å²) in [5.74, 6) is -0.00683. The number of aliphatic hydroxyl groups is 2. The number of hydrogen-bond donors (Lipinski definition) is 3. The minimum absolute atomic E-state index is 0.0217. The second-order valence-electron chi connectivity index (χ2n) is 26.3. The summed E-state index contributed by atoms with van der Waals surface area (Å²) in [5, 5.41) is 23.3. The van der Waals surface area contributed by atoms with E-state index in [2.05, 4.69) is 43.5 Å². The first-order valence-electron chi connectivity index (χ1n) is 38.1. The van der Waals surface area contributed by atoms with E-state index in [-0.39, 0.29) is 18.5 Å². The smallest absolute Gasteiger partial charge is 0.305 e. The van der Waals surface area contributed by atoms with Crippen molar-refractivity contribution >= 4 is 11.9 Å². The Kier molecular flexibility index (Phi) is 71.4. The summed E-state index contributed by atoms with van der Waals surface area (Å²) >= 11 is 0. The van der Waals surface area contributed by atoms with Crippen molar-refractivity contribution in [3.63, 3.8) is 0 Å². The van der Waals surface area contributed by atoms with E-state index >= 15 is 0 Å². The monoisotopic (exact) mass is 1170 g/mol. The molecule has 0 aliphatic heterocycles. The normalized spacial score (nSPS) is 12.6. The summed E-state index contributed by atoms with van der Waals surface area (Å²) in [6, 6.07) is -0.538. The highest BCUT2D eigenvalue weighted by atomic mass is 16.5. The van der Waals surface area contributed by atoms with Crippen molar-refractivity contribution in [1.82, 2.24) is 5.32 Å². The number of esters is 1. The number of unbranched alkanes of at least 4 members (excludes halogenated alkanes) is 57. The third-order valence-electron chi connectivity index (χ3n) is 18.0. The molecule has 2 unspecified atom stereocenters. The summed E-state index contributed by atoms with van der Waals surface area (Å²) in [5.41, 5.74) is 0. The van der Waals surface area contributed by atoms with Crippen molar-refractivity contribution in [2.24, 2.45) is 0 Å². The van der Waals surface area contributed by atoms with E-state index in [0.29, 0.717) is 25.9 Å². The van der Waals surface area contributed by atoms with Gasteiger partial charge in [-0.25, -0.2) is 0 Å². The highest BCUT2D eigenvalue weighted by Gasteiger charge is 2.20. The zero-order chi connectivity index (χ0) is 59.9. The maximum Gasteiger partial charge on any atom is 0.305 e. The van der Waals surface area contributed by atoms with Crippen LogP contribution in [0.4, 0.5) is 0 Å². The lowest BCUT2D eigenvalue weighted by molar-refractivity contribution is -0.143. The Hall–Kier alpha value is -1.66. The first-order valence-corrected chi connectivity index (χ1v) is 38.1. The van der Waals surface area contributed by atoms with Gasteiger partial charge < -0.3 is 20.3 Å². The molecule has 0 spiro atoms. The lowest BCUT2D eigenvalue weighted by atomic mass is 10.0. The van der Waals surface area contributed by atoms with Gasteiger partial charge in [-0.2, -0.15) is 0 Å². The molecule has 0 rings (SSSR count). The summed E-state index contributed by atoms with van der Waals surface area (Å²) < 4.78 is 5.49. The quantitative estimate of drug-likeness (QED) is 0.0320. The van der Waals surface area contributed by atoms with Crippen LogP contribution in [0.3, 0.4) is 0 Å². The minimum Gasteiger partial charge on any atom is -0.466 e. The van der Waals surface area contributed by atoms with E-state index in [9.17, 15) is 19.8 Å². The van der Waals surface area contributed by atoms with Crippen LogP contribution in [0.25, 0.3) is 0 Å². The van der Waals surface area contributed by atoms with Crippen LogP contribution >= 0.6 is 0 Å². The highest BCUT2D eigenvalue weighted by molar-refractivity contribution is 5.76. The summed E-state index contributed by atoms with van der Waals surface area (Å²) in [6.07, 6.45) is 92.7. The van der Waals surface area contributed by atoms with E-state index in [0.717, 1.165) is 44.9 Å². The van der Waals surface area contributed by atoms with Crippen LogP contribution in [0.2, 0.25) is 0 Å². The predicted octanol–water partition coefficient (Wildman–Crippen LogP) is 24.9. The number of ether oxygens (including phenoxy) is 1. The molecule has 0 radical (unpaired) electrons. The fraction of sp³-hybridized carbons (Fsp3) is 0.922. The molecule has 2 atom stereocenters. The van der Waals surface area contributed by atoms with Crippen molar-refractivity contribution < 1.29 is 24.5 Å². The summed E-state index contributed by atoms with van der Waals surface area (Å²) in [6.45, 7) is 4.99. The second kappa shape index (κ2) is 72.8. The van der Waals surface area contributed by atoms with Crippen LogP contribution in [0.15, 0.2) is 24.3 Å². The van der Waals surface area contributed by atoms with Crippen LogP contribution < -0.4 is 5.32 Å². The molecule has 0 bridgehead atoms. The first kappa shape index (κ1) is 81.3. The molecule has 6 nitrogen and oxygen atoms in total. The molecule has 492 valence electrons. The Balaban J connectivity index is 3.34. The maximum atomic E-state index is 12.5. The molecule has 0 saturated heterocycles. The average molecular weight is 1170 g/mol. The molecule has 0 aromatic carbocycles. The molecule has 0 fully saturated rings. The molecular formula is C77H149NO5. The third kappa shape index (κ3) is 69.3. The largest absolute Gasteiger partial charge is 0.466 e. The van der Waals surface area contributed by atoms with Crippen LogP contribution in [-0.2, 0) is 14.3 Å². The van der Waals surface area contributed by atoms with Crippen LogP contribution in [0.1, 0.15) is 431 Å². The SMILES string of the molecule is CCCCCCCCCCCCCCCCCC(O)C(CO)NC(=O)CCCCCCCCCCCCCCCCCCC/C=C\C/C=C\CCCCCCCCCCCCCCCCCOC(=O)CCCCCCCCCCCCCC. The molecule has 3 N–H and O–H groups in total. The molecule has 0 aromatic rings. The third-order valence-corrected chi connectivity index (χ3v) is 18.0. The van der Waals surface area contributed by atoms with E-state index in [1.54, 1.807) is 0 Å². The van der Waals surface area contributed by atoms with Gasteiger partial charge in [-0.3, -0.25) is 9.59 Å². The number of nitrogens with one attached hydrogen (secondary N) is 1. The van der Waals surface area contributed by atoms with E-state index in [4.69, 9.17) is 4.74 Å². The number of aliphatic hydroxyl groups excluding tert-OH is 2. The van der Waals surface area contributed by atoms with Crippen LogP contribution in [0.5, 0.6) is 0 Å². The van der Waals surface area contributed by atoms with Crippen LogP contribution in [0, 0.1) is 0 Å². The topological polar surface area (TPSA) is 95.9 Å². The fourth-order valence-electron chi connectivity index (χ4n) is 12.2. The van der Waals surface area contributed by atoms with Gasteiger partial charge in [-0.1, -0.05) is 385 Å². The number of carbonyl (C=O) groups excluding carboxylic acids is 2. The van der Waals surface area contributed by atoms with Crippen molar-refractivity contribution in [3.8, 4) is 0 Å². The predicted molar refractivity (Wildman–Crippen MR) is 366 cm³/mol. The molecule has 83 heavy (non-hydrogen) atoms. The molecule has 0 aliphatic carbocycles. The van der Waals surface area contributed by atoms with Gasteiger partial charge >= 0.3 is 5.97 Å². The lowest BCUT2D eigenvalue weighted by Crippen LogP contribution is -2.45. The number of allylic oxidation sites excluding steroid dienone is 4. The average Bonchev–Trinajstić information content (AvgIpc) is 3.49. The van der Waals surface area contributed by atoms with E-state index in [1.807, 2.05) is 0 Å². The molecule has 0 aliphatic rings. The Labute approximate surface area is 520 Å². The standard InChI is InChI=1S/C77H149NO5/c1-3-5-7-9-11-13-15-17-43-46-49-53-57-61-65-69-75(80)74(73-79)78-76(81)70-66-62-58-54-50-47-44-41-39-37-35-33-31-29-27-25-23-21-19-18-20-22-24-26-28-30-32-34-36-38-40-42-45-48-52-56-60-64-68-72-83-77(82)71-67-63-59-55-51-16-14-12-10-8-6-4-2/h18-19,22,24,74-75,79-80H,3-17,20-21,23,25-73H2,1-2H3,(H,78,81)/b19-18-,24-22-. The molecule has 1 amide bonds. The molecule has 6 heteroatoms. The molecule has 0 saturated carbocycles. The Bertz CT molecular complexity index is 1300. The van der Waals surface area contributed by atoms with E-state index in [1.165, 1.54) is 353 Å². The Morgan fingerprint density at radius 1 is 0.337 bits per heavy atom. The Morgan fingerprint density at radius 3 is 0.916 bits per heavy atom. The van der Waals surface area contributed by atoms with Crippen molar-refractivity contribution in [2.45, 2.75) is 443 Å². The van der Waals surface area contributed by atoms with Gasteiger partial charge in [0.1, 0.15) is 0 Å². The Morgan fingerprint density at radius 2 is 0.602 bits per heavy atom. The van der Waals surface area contributed by atoms with Gasteiger partial charge in [0.2, 0.25) is 5.91 Å². The summed E-state index contributed by atoms with van der Waals surface area (Å²) in [7, 11) is 0. The van der Waals surface area contributed by atoms with Gasteiger partial charge in [-0.05, 0) is 57.8 Å².